The first-order valence-electron chi connectivity index (χ1n) is 13.4. The molecule has 0 bridgehead atoms. The Balaban J connectivity index is 1.63. The molecule has 2 N–H and O–H groups in total. The number of nitrogens with one attached hydrogen (secondary N) is 1. The normalized spacial score (nSPS) is 18.8. The van der Waals surface area contributed by atoms with Crippen molar-refractivity contribution in [2.75, 3.05) is 31.5 Å². The fraction of sp³-hybridized carbons (Fsp3) is 0.400. The maximum absolute atomic E-state index is 13.5. The van der Waals surface area contributed by atoms with Crippen molar-refractivity contribution >= 4 is 21.6 Å². The number of pyridine rings is 1. The van der Waals surface area contributed by atoms with Gasteiger partial charge in [0.1, 0.15) is 11.9 Å². The first kappa shape index (κ1) is 29.5. The molecule has 1 amide bonds. The molecule has 40 heavy (non-hydrogen) atoms. The summed E-state index contributed by atoms with van der Waals surface area (Å²) in [4.78, 5) is 21.6. The number of aryl methyl sites for hydroxylation is 1. The molecule has 3 aromatic rings. The zero-order valence-electron chi connectivity index (χ0n) is 23.4. The van der Waals surface area contributed by atoms with Crippen LogP contribution in [0.1, 0.15) is 30.5 Å². The number of amides is 1. The Morgan fingerprint density at radius 3 is 2.52 bits per heavy atom. The third kappa shape index (κ3) is 7.38. The summed E-state index contributed by atoms with van der Waals surface area (Å²) in [6, 6.07) is 15.2. The molecule has 0 fully saturated rings. The van der Waals surface area contributed by atoms with E-state index in [9.17, 15) is 18.3 Å². The highest BCUT2D eigenvalue weighted by molar-refractivity contribution is 7.92. The van der Waals surface area contributed by atoms with Gasteiger partial charge in [0, 0.05) is 49.2 Å². The lowest BCUT2D eigenvalue weighted by Gasteiger charge is -2.34. The second kappa shape index (κ2) is 12.8. The molecule has 0 aliphatic carbocycles. The Morgan fingerprint density at radius 1 is 1.15 bits per heavy atom. The number of carbonyl (C=O) groups is 1. The fourth-order valence-corrected chi connectivity index (χ4v) is 5.86. The van der Waals surface area contributed by atoms with Gasteiger partial charge >= 0.3 is 0 Å². The van der Waals surface area contributed by atoms with E-state index in [4.69, 9.17) is 4.74 Å². The van der Waals surface area contributed by atoms with Crippen LogP contribution in [0.3, 0.4) is 0 Å². The highest BCUT2D eigenvalue weighted by atomic mass is 32.2. The second-order valence-electron chi connectivity index (χ2n) is 10.7. The summed E-state index contributed by atoms with van der Waals surface area (Å²) >= 11 is 0. The van der Waals surface area contributed by atoms with Crippen LogP contribution in [0.15, 0.2) is 71.9 Å². The van der Waals surface area contributed by atoms with Gasteiger partial charge in [-0.25, -0.2) is 8.42 Å². The number of aliphatic hydroxyl groups is 1. The third-order valence-electron chi connectivity index (χ3n) is 7.19. The maximum atomic E-state index is 13.5. The van der Waals surface area contributed by atoms with E-state index in [0.717, 1.165) is 11.1 Å². The molecule has 0 saturated carbocycles. The molecule has 3 atom stereocenters. The van der Waals surface area contributed by atoms with E-state index in [1.165, 1.54) is 0 Å². The molecule has 2 aromatic carbocycles. The van der Waals surface area contributed by atoms with Gasteiger partial charge in [0.05, 0.1) is 24.0 Å². The molecule has 1 aromatic heterocycles. The van der Waals surface area contributed by atoms with Crippen molar-refractivity contribution in [1.82, 2.24) is 14.8 Å². The van der Waals surface area contributed by atoms with Crippen molar-refractivity contribution in [1.29, 1.82) is 0 Å². The van der Waals surface area contributed by atoms with Crippen LogP contribution in [0.5, 0.6) is 5.75 Å². The van der Waals surface area contributed by atoms with Crippen molar-refractivity contribution in [3.63, 3.8) is 0 Å². The molecule has 0 saturated heterocycles. The first-order chi connectivity index (χ1) is 19.1. The van der Waals surface area contributed by atoms with Crippen LogP contribution in [0, 0.1) is 12.8 Å². The Kier molecular flexibility index (Phi) is 9.44. The number of fused-ring (bicyclic) bond motifs is 1. The second-order valence-corrected chi connectivity index (χ2v) is 12.4. The Bertz CT molecular complexity index is 1400. The molecule has 9 nitrogen and oxygen atoms in total. The SMILES string of the molecule is Cc1ccc(S(=O)(=O)Nc2ccc3c(c2)CC(=O)N([C@@H](C)CO)C[C@@H](C)[C@@H](CN(C)Cc2ccncc2)O3)cc1. The lowest BCUT2D eigenvalue weighted by Crippen LogP contribution is -2.47. The summed E-state index contributed by atoms with van der Waals surface area (Å²) in [5.41, 5.74) is 3.02. The van der Waals surface area contributed by atoms with E-state index < -0.39 is 10.0 Å². The van der Waals surface area contributed by atoms with Gasteiger partial charge < -0.3 is 14.7 Å². The van der Waals surface area contributed by atoms with Gasteiger partial charge in [0.15, 0.2) is 0 Å². The van der Waals surface area contributed by atoms with Gasteiger partial charge in [0.2, 0.25) is 5.91 Å². The molecule has 0 unspecified atom stereocenters. The van der Waals surface area contributed by atoms with Crippen LogP contribution in [0.25, 0.3) is 0 Å². The summed E-state index contributed by atoms with van der Waals surface area (Å²) in [7, 11) is -1.80. The van der Waals surface area contributed by atoms with Crippen molar-refractivity contribution in [3.05, 3.63) is 83.7 Å². The van der Waals surface area contributed by atoms with Gasteiger partial charge in [-0.1, -0.05) is 24.6 Å². The van der Waals surface area contributed by atoms with E-state index in [2.05, 4.69) is 14.6 Å². The predicted molar refractivity (Wildman–Crippen MR) is 155 cm³/mol. The summed E-state index contributed by atoms with van der Waals surface area (Å²) in [6.45, 7) is 7.33. The molecule has 0 spiro atoms. The van der Waals surface area contributed by atoms with Crippen molar-refractivity contribution in [3.8, 4) is 5.75 Å². The topological polar surface area (TPSA) is 112 Å². The molecule has 4 rings (SSSR count). The largest absolute Gasteiger partial charge is 0.488 e. The number of aliphatic hydroxyl groups excluding tert-OH is 1. The number of nitrogens with zero attached hydrogens (tertiary/aromatic N) is 3. The number of sulfonamides is 1. The standard InChI is InChI=1S/C30H38N4O5S/c1-21-5-8-27(9-6-21)40(37,38)32-26-7-10-28-25(15-26)16-30(36)34(23(3)20-35)17-22(2)29(39-28)19-33(4)18-24-11-13-31-14-12-24/h5-15,22-23,29,32,35H,16-20H2,1-4H3/t22-,23+,29-/m1/s1. The van der Waals surface area contributed by atoms with Crippen molar-refractivity contribution in [2.45, 2.75) is 50.8 Å². The monoisotopic (exact) mass is 566 g/mol. The van der Waals surface area contributed by atoms with Gasteiger partial charge in [-0.15, -0.1) is 0 Å². The van der Waals surface area contributed by atoms with Crippen LogP contribution in [-0.2, 0) is 27.8 Å². The Labute approximate surface area is 236 Å². The Hall–Kier alpha value is -3.47. The molecule has 10 heteroatoms. The number of carbonyl (C=O) groups excluding carboxylic acids is 1. The zero-order chi connectivity index (χ0) is 28.9. The highest BCUT2D eigenvalue weighted by Gasteiger charge is 2.31. The van der Waals surface area contributed by atoms with Gasteiger partial charge in [-0.2, -0.15) is 0 Å². The number of hydrogen-bond acceptors (Lipinski definition) is 7. The number of benzene rings is 2. The van der Waals surface area contributed by atoms with Crippen molar-refractivity contribution in [2.24, 2.45) is 5.92 Å². The number of ether oxygens (including phenoxy) is 1. The Morgan fingerprint density at radius 2 is 1.85 bits per heavy atom. The summed E-state index contributed by atoms with van der Waals surface area (Å²) < 4.78 is 35.2. The van der Waals surface area contributed by atoms with Crippen LogP contribution in [0.2, 0.25) is 0 Å². The summed E-state index contributed by atoms with van der Waals surface area (Å²) in [5.74, 6) is 0.352. The minimum Gasteiger partial charge on any atom is -0.488 e. The van der Waals surface area contributed by atoms with E-state index in [-0.39, 0.29) is 41.9 Å². The molecule has 1 aliphatic rings. The lowest BCUT2D eigenvalue weighted by molar-refractivity contribution is -0.134. The van der Waals surface area contributed by atoms with E-state index in [1.807, 2.05) is 40.0 Å². The van der Waals surface area contributed by atoms with Crippen LogP contribution in [0.4, 0.5) is 5.69 Å². The number of hydrogen-bond donors (Lipinski definition) is 2. The highest BCUT2D eigenvalue weighted by Crippen LogP contribution is 2.30. The summed E-state index contributed by atoms with van der Waals surface area (Å²) in [5, 5.41) is 9.88. The minimum atomic E-state index is -3.82. The zero-order valence-corrected chi connectivity index (χ0v) is 24.3. The number of rotatable bonds is 9. The number of aromatic nitrogens is 1. The minimum absolute atomic E-state index is 0.0199. The maximum Gasteiger partial charge on any atom is 0.261 e. The average Bonchev–Trinajstić information content (AvgIpc) is 2.96. The predicted octanol–water partition coefficient (Wildman–Crippen LogP) is 3.47. The van der Waals surface area contributed by atoms with Crippen LogP contribution in [-0.4, -0.2) is 73.1 Å². The molecule has 2 heterocycles. The van der Waals surface area contributed by atoms with Gasteiger partial charge in [-0.3, -0.25) is 19.4 Å². The van der Waals surface area contributed by atoms with Crippen LogP contribution >= 0.6 is 0 Å². The number of anilines is 1. The smallest absolute Gasteiger partial charge is 0.261 e. The van der Waals surface area contributed by atoms with Gasteiger partial charge in [-0.05, 0) is 68.9 Å². The van der Waals surface area contributed by atoms with Crippen molar-refractivity contribution < 1.29 is 23.1 Å². The lowest BCUT2D eigenvalue weighted by atomic mass is 10.0. The van der Waals surface area contributed by atoms with Gasteiger partial charge in [0.25, 0.3) is 10.0 Å². The third-order valence-corrected chi connectivity index (χ3v) is 8.59. The van der Waals surface area contributed by atoms with E-state index >= 15 is 0 Å². The number of likely N-dealkylation sites (N-methyl/N-ethyl adjacent to an activating group) is 1. The fourth-order valence-electron chi connectivity index (χ4n) is 4.81. The van der Waals surface area contributed by atoms with Crippen LogP contribution < -0.4 is 9.46 Å². The van der Waals surface area contributed by atoms with E-state index in [1.54, 1.807) is 59.8 Å². The average molecular weight is 567 g/mol. The quantitative estimate of drug-likeness (QED) is 0.408. The molecule has 214 valence electrons. The molecular formula is C30H38N4O5S. The molecule has 1 aliphatic heterocycles. The molecule has 0 radical (unpaired) electrons. The molecular weight excluding hydrogens is 528 g/mol. The first-order valence-corrected chi connectivity index (χ1v) is 14.9. The van der Waals surface area contributed by atoms with E-state index in [0.29, 0.717) is 36.6 Å². The summed E-state index contributed by atoms with van der Waals surface area (Å²) in [6.07, 6.45) is 3.29.